The van der Waals surface area contributed by atoms with Crippen LogP contribution in [-0.4, -0.2) is 37.6 Å². The summed E-state index contributed by atoms with van der Waals surface area (Å²) in [4.78, 5) is 25.7. The molecular formula is C20H18O6. The molecule has 2 aromatic carbocycles. The number of rotatable bonds is 1. The zero-order chi connectivity index (χ0) is 18.8. The highest BCUT2D eigenvalue weighted by molar-refractivity contribution is 6.30. The number of benzene rings is 2. The normalized spacial score (nSPS) is 24.0. The lowest BCUT2D eigenvalue weighted by Gasteiger charge is -2.39. The van der Waals surface area contributed by atoms with Crippen molar-refractivity contribution in [3.05, 3.63) is 57.6 Å². The summed E-state index contributed by atoms with van der Waals surface area (Å²) in [5, 5.41) is 42.7. The van der Waals surface area contributed by atoms with Crippen LogP contribution in [0.2, 0.25) is 0 Å². The summed E-state index contributed by atoms with van der Waals surface area (Å²) in [6, 6.07) is 6.21. The molecule has 2 atom stereocenters. The van der Waals surface area contributed by atoms with Crippen molar-refractivity contribution in [1.82, 2.24) is 0 Å². The molecule has 6 heteroatoms. The largest absolute Gasteiger partial charge is 0.507 e. The molecule has 0 saturated carbocycles. The summed E-state index contributed by atoms with van der Waals surface area (Å²) in [6.07, 6.45) is -0.887. The van der Waals surface area contributed by atoms with Gasteiger partial charge in [-0.1, -0.05) is 31.2 Å². The van der Waals surface area contributed by atoms with E-state index in [2.05, 4.69) is 0 Å². The van der Waals surface area contributed by atoms with Crippen molar-refractivity contribution in [2.45, 2.75) is 37.9 Å². The molecule has 4 N–H and O–H groups in total. The van der Waals surface area contributed by atoms with Gasteiger partial charge in [0.05, 0.1) is 16.7 Å². The molecule has 0 unspecified atom stereocenters. The van der Waals surface area contributed by atoms with Gasteiger partial charge in [-0.15, -0.1) is 0 Å². The summed E-state index contributed by atoms with van der Waals surface area (Å²) < 4.78 is 0. The number of phenolic OH excluding ortho intramolecular Hbond substituents is 2. The number of aliphatic hydroxyl groups is 2. The highest BCUT2D eigenvalue weighted by atomic mass is 16.3. The zero-order valence-corrected chi connectivity index (χ0v) is 14.1. The second kappa shape index (κ2) is 5.40. The van der Waals surface area contributed by atoms with Crippen molar-refractivity contribution in [2.75, 3.05) is 0 Å². The molecule has 0 heterocycles. The van der Waals surface area contributed by atoms with Crippen molar-refractivity contribution < 1.29 is 30.0 Å². The molecule has 2 aliphatic carbocycles. The smallest absolute Gasteiger partial charge is 0.198 e. The number of phenols is 2. The first-order valence-electron chi connectivity index (χ1n) is 8.51. The van der Waals surface area contributed by atoms with Crippen LogP contribution < -0.4 is 0 Å². The maximum atomic E-state index is 12.9. The van der Waals surface area contributed by atoms with Crippen molar-refractivity contribution in [2.24, 2.45) is 0 Å². The van der Waals surface area contributed by atoms with Crippen LogP contribution in [0.4, 0.5) is 0 Å². The van der Waals surface area contributed by atoms with Crippen LogP contribution in [0, 0.1) is 0 Å². The fraction of sp³-hybridized carbons (Fsp3) is 0.300. The predicted molar refractivity (Wildman–Crippen MR) is 91.6 cm³/mol. The van der Waals surface area contributed by atoms with Crippen LogP contribution in [0.5, 0.6) is 11.5 Å². The van der Waals surface area contributed by atoms with Gasteiger partial charge in [0.1, 0.15) is 17.6 Å². The van der Waals surface area contributed by atoms with E-state index in [9.17, 15) is 30.0 Å². The molecule has 0 amide bonds. The van der Waals surface area contributed by atoms with Gasteiger partial charge >= 0.3 is 0 Å². The van der Waals surface area contributed by atoms with E-state index in [1.165, 1.54) is 12.1 Å². The molecule has 0 fully saturated rings. The number of fused-ring (bicyclic) bond motifs is 3. The molecule has 0 aliphatic heterocycles. The lowest BCUT2D eigenvalue weighted by molar-refractivity contribution is -0.0921. The van der Waals surface area contributed by atoms with Crippen molar-refractivity contribution >= 4 is 11.6 Å². The number of hydrogen-bond donors (Lipinski definition) is 4. The number of carbonyl (C=O) groups is 2. The number of hydrogen-bond acceptors (Lipinski definition) is 6. The minimum absolute atomic E-state index is 0.0719. The monoisotopic (exact) mass is 354 g/mol. The lowest BCUT2D eigenvalue weighted by atomic mass is 9.72. The number of aliphatic hydroxyl groups excluding tert-OH is 1. The Morgan fingerprint density at radius 1 is 1.04 bits per heavy atom. The van der Waals surface area contributed by atoms with E-state index in [4.69, 9.17) is 0 Å². The Morgan fingerprint density at radius 2 is 1.58 bits per heavy atom. The Bertz CT molecular complexity index is 977. The van der Waals surface area contributed by atoms with Crippen LogP contribution in [0.3, 0.4) is 0 Å². The van der Waals surface area contributed by atoms with Crippen molar-refractivity contribution in [3.63, 3.8) is 0 Å². The van der Waals surface area contributed by atoms with Crippen molar-refractivity contribution in [1.29, 1.82) is 0 Å². The van der Waals surface area contributed by atoms with Gasteiger partial charge in [0.25, 0.3) is 0 Å². The molecule has 6 nitrogen and oxygen atoms in total. The molecule has 134 valence electrons. The maximum absolute atomic E-state index is 12.9. The van der Waals surface area contributed by atoms with Crippen LogP contribution in [0.25, 0.3) is 0 Å². The zero-order valence-electron chi connectivity index (χ0n) is 14.1. The Hall–Kier alpha value is -2.70. The number of ketones is 2. The van der Waals surface area contributed by atoms with Crippen LogP contribution in [-0.2, 0) is 6.42 Å². The quantitative estimate of drug-likeness (QED) is 0.497. The summed E-state index contributed by atoms with van der Waals surface area (Å²) in [5.74, 6) is -2.09. The Morgan fingerprint density at radius 3 is 2.12 bits per heavy atom. The van der Waals surface area contributed by atoms with Crippen LogP contribution in [0.1, 0.15) is 68.8 Å². The van der Waals surface area contributed by atoms with Crippen LogP contribution in [0.15, 0.2) is 24.3 Å². The van der Waals surface area contributed by atoms with Gasteiger partial charge < -0.3 is 20.4 Å². The van der Waals surface area contributed by atoms with Crippen LogP contribution >= 0.6 is 0 Å². The number of aromatic hydroxyl groups is 2. The first-order chi connectivity index (χ1) is 12.3. The standard InChI is InChI=1S/C20H18O6/c1-2-20(26)8-7-11-12(19(20)25)18(24)14-13(17(11)23)15(21)9-5-3-4-6-10(9)16(14)22/h3-6,19,23-26H,2,7-8H2,1H3/t19-,20-/m1/s1. The summed E-state index contributed by atoms with van der Waals surface area (Å²) in [5.41, 5.74) is -1.59. The molecule has 2 aliphatic rings. The van der Waals surface area contributed by atoms with E-state index < -0.39 is 34.8 Å². The molecule has 4 rings (SSSR count). The fourth-order valence-corrected chi connectivity index (χ4v) is 4.05. The fourth-order valence-electron chi connectivity index (χ4n) is 4.05. The topological polar surface area (TPSA) is 115 Å². The van der Waals surface area contributed by atoms with E-state index in [1.54, 1.807) is 19.1 Å². The summed E-state index contributed by atoms with van der Waals surface area (Å²) in [7, 11) is 0. The predicted octanol–water partition coefficient (Wildman–Crippen LogP) is 1.99. The molecular weight excluding hydrogens is 336 g/mol. The molecule has 0 saturated heterocycles. The van der Waals surface area contributed by atoms with Gasteiger partial charge in [0.15, 0.2) is 11.6 Å². The van der Waals surface area contributed by atoms with Gasteiger partial charge in [-0.3, -0.25) is 9.59 Å². The van der Waals surface area contributed by atoms with Gasteiger partial charge in [-0.2, -0.15) is 0 Å². The first kappa shape index (κ1) is 16.8. The molecule has 2 aromatic rings. The summed E-state index contributed by atoms with van der Waals surface area (Å²) in [6.45, 7) is 1.70. The van der Waals surface area contributed by atoms with Gasteiger partial charge in [0.2, 0.25) is 0 Å². The molecule has 0 radical (unpaired) electrons. The second-order valence-corrected chi connectivity index (χ2v) is 6.90. The molecule has 0 aromatic heterocycles. The van der Waals surface area contributed by atoms with E-state index in [0.29, 0.717) is 0 Å². The minimum Gasteiger partial charge on any atom is -0.507 e. The molecule has 0 bridgehead atoms. The van der Waals surface area contributed by atoms with Gasteiger partial charge in [-0.25, -0.2) is 0 Å². The molecule has 26 heavy (non-hydrogen) atoms. The van der Waals surface area contributed by atoms with Gasteiger partial charge in [-0.05, 0) is 19.3 Å². The SMILES string of the molecule is CC[C@@]1(O)CCc2c(O)c3c(c(O)c2[C@H]1O)C(=O)c1ccccc1C3=O. The van der Waals surface area contributed by atoms with E-state index in [0.717, 1.165) is 0 Å². The minimum atomic E-state index is -1.47. The van der Waals surface area contributed by atoms with Crippen molar-refractivity contribution in [3.8, 4) is 11.5 Å². The summed E-state index contributed by atoms with van der Waals surface area (Å²) >= 11 is 0. The third kappa shape index (κ3) is 1.94. The van der Waals surface area contributed by atoms with Gasteiger partial charge in [0, 0.05) is 22.3 Å². The average molecular weight is 354 g/mol. The first-order valence-corrected chi connectivity index (χ1v) is 8.51. The Labute approximate surface area is 149 Å². The third-order valence-electron chi connectivity index (χ3n) is 5.66. The van der Waals surface area contributed by atoms with E-state index in [1.807, 2.05) is 0 Å². The average Bonchev–Trinajstić information content (AvgIpc) is 2.65. The Balaban J connectivity index is 2.04. The highest BCUT2D eigenvalue weighted by Crippen LogP contribution is 2.51. The van der Waals surface area contributed by atoms with E-state index >= 15 is 0 Å². The molecule has 0 spiro atoms. The highest BCUT2D eigenvalue weighted by Gasteiger charge is 2.46. The lowest BCUT2D eigenvalue weighted by Crippen LogP contribution is -2.40. The number of carbonyl (C=O) groups excluding carboxylic acids is 2. The maximum Gasteiger partial charge on any atom is 0.198 e. The third-order valence-corrected chi connectivity index (χ3v) is 5.66. The second-order valence-electron chi connectivity index (χ2n) is 6.90. The Kier molecular flexibility index (Phi) is 3.48. The van der Waals surface area contributed by atoms with E-state index in [-0.39, 0.29) is 52.6 Å².